The number of hydrogen-bond donors (Lipinski definition) is 3. The van der Waals surface area contributed by atoms with Gasteiger partial charge in [0.2, 0.25) is 0 Å². The Kier molecular flexibility index (Phi) is 3.90. The number of anilines is 2. The van der Waals surface area contributed by atoms with E-state index in [0.717, 1.165) is 35.2 Å². The Balaban J connectivity index is 2.16. The van der Waals surface area contributed by atoms with Crippen LogP contribution in [0, 0.1) is 0 Å². The van der Waals surface area contributed by atoms with Crippen molar-refractivity contribution < 1.29 is 5.11 Å². The molecule has 1 heterocycles. The molecule has 0 spiro atoms. The molecule has 1 aromatic heterocycles. The Hall–Kier alpha value is -1.81. The van der Waals surface area contributed by atoms with E-state index in [4.69, 9.17) is 5.73 Å². The molecule has 0 radical (unpaired) electrons. The van der Waals surface area contributed by atoms with E-state index in [9.17, 15) is 5.11 Å². The number of aromatic nitrogens is 1. The molecule has 0 aliphatic heterocycles. The number of hydrogen-bond acceptors (Lipinski definition) is 4. The van der Waals surface area contributed by atoms with Crippen LogP contribution in [0.1, 0.15) is 26.7 Å². The van der Waals surface area contributed by atoms with Crippen LogP contribution in [0.25, 0.3) is 10.9 Å². The zero-order chi connectivity index (χ0) is 13.9. The number of pyridine rings is 1. The molecule has 0 atom stereocenters. The van der Waals surface area contributed by atoms with Gasteiger partial charge in [-0.15, -0.1) is 0 Å². The number of nitrogens with one attached hydrogen (secondary N) is 1. The number of aliphatic hydroxyl groups is 1. The molecule has 0 unspecified atom stereocenters. The van der Waals surface area contributed by atoms with E-state index in [2.05, 4.69) is 10.3 Å². The van der Waals surface area contributed by atoms with E-state index in [1.807, 2.05) is 44.2 Å². The molecule has 102 valence electrons. The predicted octanol–water partition coefficient (Wildman–Crippen LogP) is 2.78. The summed E-state index contributed by atoms with van der Waals surface area (Å²) in [6.07, 6.45) is 1.45. The summed E-state index contributed by atoms with van der Waals surface area (Å²) in [4.78, 5) is 4.51. The molecule has 0 aliphatic rings. The number of rotatable bonds is 5. The van der Waals surface area contributed by atoms with Gasteiger partial charge in [0.25, 0.3) is 0 Å². The van der Waals surface area contributed by atoms with Gasteiger partial charge < -0.3 is 16.2 Å². The van der Waals surface area contributed by atoms with Crippen molar-refractivity contribution in [2.24, 2.45) is 0 Å². The quantitative estimate of drug-likeness (QED) is 0.722. The Morgan fingerprint density at radius 2 is 1.95 bits per heavy atom. The van der Waals surface area contributed by atoms with Gasteiger partial charge in [0, 0.05) is 17.6 Å². The zero-order valence-corrected chi connectivity index (χ0v) is 11.5. The lowest BCUT2D eigenvalue weighted by atomic mass is 9.98. The van der Waals surface area contributed by atoms with Crippen LogP contribution in [0.4, 0.5) is 11.5 Å². The molecule has 2 aromatic rings. The minimum Gasteiger partial charge on any atom is -0.399 e. The van der Waals surface area contributed by atoms with Gasteiger partial charge in [0.05, 0.1) is 11.1 Å². The lowest BCUT2D eigenvalue weighted by molar-refractivity contribution is 0.0456. The molecule has 4 heteroatoms. The van der Waals surface area contributed by atoms with E-state index in [-0.39, 0.29) is 0 Å². The lowest BCUT2D eigenvalue weighted by Gasteiger charge is -2.25. The number of benzene rings is 1. The van der Waals surface area contributed by atoms with E-state index in [0.29, 0.717) is 6.54 Å². The first-order chi connectivity index (χ1) is 9.06. The third-order valence-electron chi connectivity index (χ3n) is 3.63. The molecule has 2 rings (SSSR count). The summed E-state index contributed by atoms with van der Waals surface area (Å²) in [7, 11) is 0. The monoisotopic (exact) mass is 259 g/mol. The van der Waals surface area contributed by atoms with E-state index in [1.165, 1.54) is 0 Å². The summed E-state index contributed by atoms with van der Waals surface area (Å²) in [5, 5.41) is 14.5. The Morgan fingerprint density at radius 1 is 1.21 bits per heavy atom. The largest absolute Gasteiger partial charge is 0.399 e. The van der Waals surface area contributed by atoms with Crippen molar-refractivity contribution in [3.8, 4) is 0 Å². The van der Waals surface area contributed by atoms with Gasteiger partial charge in [0.1, 0.15) is 5.82 Å². The van der Waals surface area contributed by atoms with Gasteiger partial charge in [-0.1, -0.05) is 13.8 Å². The fraction of sp³-hybridized carbons (Fsp3) is 0.400. The van der Waals surface area contributed by atoms with Gasteiger partial charge in [-0.05, 0) is 43.2 Å². The average Bonchev–Trinajstić information content (AvgIpc) is 2.44. The van der Waals surface area contributed by atoms with Gasteiger partial charge in [-0.3, -0.25) is 0 Å². The Morgan fingerprint density at radius 3 is 2.63 bits per heavy atom. The third-order valence-corrected chi connectivity index (χ3v) is 3.63. The highest BCUT2D eigenvalue weighted by Gasteiger charge is 2.21. The second kappa shape index (κ2) is 5.45. The van der Waals surface area contributed by atoms with Gasteiger partial charge in [-0.2, -0.15) is 0 Å². The van der Waals surface area contributed by atoms with E-state index >= 15 is 0 Å². The van der Waals surface area contributed by atoms with Crippen molar-refractivity contribution in [2.45, 2.75) is 32.3 Å². The van der Waals surface area contributed by atoms with Crippen LogP contribution in [-0.4, -0.2) is 22.2 Å². The number of nitrogens with zero attached hydrogens (tertiary/aromatic N) is 1. The molecular weight excluding hydrogens is 238 g/mol. The highest BCUT2D eigenvalue weighted by molar-refractivity contribution is 5.83. The maximum atomic E-state index is 10.2. The second-order valence-corrected chi connectivity index (χ2v) is 4.93. The fourth-order valence-corrected chi connectivity index (χ4v) is 2.00. The SMILES string of the molecule is CCC(O)(CC)CNc1ccc2cc(N)ccc2n1. The molecule has 0 saturated carbocycles. The van der Waals surface area contributed by atoms with Crippen molar-refractivity contribution in [2.75, 3.05) is 17.6 Å². The number of nitrogens with two attached hydrogens (primary N) is 1. The molecule has 0 saturated heterocycles. The molecule has 4 N–H and O–H groups in total. The van der Waals surface area contributed by atoms with Crippen LogP contribution in [0.2, 0.25) is 0 Å². The summed E-state index contributed by atoms with van der Waals surface area (Å²) in [5.74, 6) is 0.776. The van der Waals surface area contributed by atoms with Crippen LogP contribution in [0.3, 0.4) is 0 Å². The van der Waals surface area contributed by atoms with Crippen molar-refractivity contribution in [1.29, 1.82) is 0 Å². The minimum absolute atomic E-state index is 0.507. The molecule has 0 bridgehead atoms. The molecule has 0 amide bonds. The zero-order valence-electron chi connectivity index (χ0n) is 11.5. The molecular formula is C15H21N3O. The summed E-state index contributed by atoms with van der Waals surface area (Å²) >= 11 is 0. The molecule has 19 heavy (non-hydrogen) atoms. The van der Waals surface area contributed by atoms with E-state index in [1.54, 1.807) is 0 Å². The summed E-state index contributed by atoms with van der Waals surface area (Å²) in [5.41, 5.74) is 6.70. The maximum Gasteiger partial charge on any atom is 0.126 e. The number of nitrogen functional groups attached to an aromatic ring is 1. The van der Waals surface area contributed by atoms with Crippen molar-refractivity contribution in [3.63, 3.8) is 0 Å². The predicted molar refractivity (Wildman–Crippen MR) is 80.2 cm³/mol. The van der Waals surface area contributed by atoms with Gasteiger partial charge in [0.15, 0.2) is 0 Å². The molecule has 4 nitrogen and oxygen atoms in total. The highest BCUT2D eigenvalue weighted by atomic mass is 16.3. The van der Waals surface area contributed by atoms with Gasteiger partial charge in [-0.25, -0.2) is 4.98 Å². The molecule has 0 fully saturated rings. The van der Waals surface area contributed by atoms with Crippen LogP contribution in [0.5, 0.6) is 0 Å². The highest BCUT2D eigenvalue weighted by Crippen LogP contribution is 2.19. The van der Waals surface area contributed by atoms with Gasteiger partial charge >= 0.3 is 0 Å². The first-order valence-corrected chi connectivity index (χ1v) is 6.69. The normalized spacial score (nSPS) is 11.7. The smallest absolute Gasteiger partial charge is 0.126 e. The second-order valence-electron chi connectivity index (χ2n) is 4.93. The fourth-order valence-electron chi connectivity index (χ4n) is 2.00. The Labute approximate surface area is 113 Å². The maximum absolute atomic E-state index is 10.2. The van der Waals surface area contributed by atoms with Crippen molar-refractivity contribution in [3.05, 3.63) is 30.3 Å². The number of fused-ring (bicyclic) bond motifs is 1. The Bertz CT molecular complexity index is 564. The summed E-state index contributed by atoms with van der Waals surface area (Å²) in [6.45, 7) is 4.48. The van der Waals surface area contributed by atoms with Crippen LogP contribution < -0.4 is 11.1 Å². The topological polar surface area (TPSA) is 71.2 Å². The molecule has 0 aliphatic carbocycles. The standard InChI is InChI=1S/C15H21N3O/c1-3-15(19,4-2)10-17-14-8-5-11-9-12(16)6-7-13(11)18-14/h5-9,19H,3-4,10,16H2,1-2H3,(H,17,18). The summed E-state index contributed by atoms with van der Waals surface area (Å²) < 4.78 is 0. The minimum atomic E-state index is -0.669. The van der Waals surface area contributed by atoms with Crippen molar-refractivity contribution in [1.82, 2.24) is 4.98 Å². The van der Waals surface area contributed by atoms with E-state index < -0.39 is 5.60 Å². The van der Waals surface area contributed by atoms with Crippen LogP contribution in [-0.2, 0) is 0 Å². The van der Waals surface area contributed by atoms with Crippen LogP contribution >= 0.6 is 0 Å². The van der Waals surface area contributed by atoms with Crippen molar-refractivity contribution >= 4 is 22.4 Å². The first kappa shape index (κ1) is 13.6. The third kappa shape index (κ3) is 3.15. The van der Waals surface area contributed by atoms with Crippen LogP contribution in [0.15, 0.2) is 30.3 Å². The summed E-state index contributed by atoms with van der Waals surface area (Å²) in [6, 6.07) is 9.54. The average molecular weight is 259 g/mol. The lowest BCUT2D eigenvalue weighted by Crippen LogP contribution is -2.35. The molecule has 1 aromatic carbocycles. The first-order valence-electron chi connectivity index (χ1n) is 6.69.